The highest BCUT2D eigenvalue weighted by molar-refractivity contribution is 5.40. The summed E-state index contributed by atoms with van der Waals surface area (Å²) in [6.45, 7) is 4.98. The van der Waals surface area contributed by atoms with Gasteiger partial charge >= 0.3 is 0 Å². The van der Waals surface area contributed by atoms with Gasteiger partial charge in [-0.15, -0.1) is 0 Å². The molecule has 0 fully saturated rings. The zero-order valence-corrected chi connectivity index (χ0v) is 11.4. The Hall–Kier alpha value is -2.04. The van der Waals surface area contributed by atoms with Gasteiger partial charge in [-0.25, -0.2) is 4.98 Å². The van der Waals surface area contributed by atoms with Gasteiger partial charge in [0.25, 0.3) is 0 Å². The Morgan fingerprint density at radius 1 is 1.37 bits per heavy atom. The standard InChI is InChI=1S/C14H20N4O/c1-3-15-14-16-9-8-13(18-14)17-11(2)6-7-12-5-4-10-19-12/h4-5,8-11H,3,6-7H2,1-2H3,(H2,15,16,17,18). The molecule has 0 bridgehead atoms. The van der Waals surface area contributed by atoms with E-state index in [-0.39, 0.29) is 0 Å². The molecule has 2 aromatic heterocycles. The fourth-order valence-corrected chi connectivity index (χ4v) is 1.82. The zero-order chi connectivity index (χ0) is 13.5. The average Bonchev–Trinajstić information content (AvgIpc) is 2.90. The number of nitrogens with zero attached hydrogens (tertiary/aromatic N) is 2. The Balaban J connectivity index is 1.84. The van der Waals surface area contributed by atoms with Crippen molar-refractivity contribution in [2.24, 2.45) is 0 Å². The molecule has 0 spiro atoms. The molecule has 2 N–H and O–H groups in total. The molecule has 0 amide bonds. The largest absolute Gasteiger partial charge is 0.469 e. The van der Waals surface area contributed by atoms with Crippen LogP contribution in [0.25, 0.3) is 0 Å². The molecule has 2 aromatic rings. The lowest BCUT2D eigenvalue weighted by molar-refractivity contribution is 0.495. The number of aryl methyl sites for hydroxylation is 1. The highest BCUT2D eigenvalue weighted by atomic mass is 16.3. The van der Waals surface area contributed by atoms with E-state index in [4.69, 9.17) is 4.42 Å². The van der Waals surface area contributed by atoms with Crippen LogP contribution >= 0.6 is 0 Å². The summed E-state index contributed by atoms with van der Waals surface area (Å²) >= 11 is 0. The minimum Gasteiger partial charge on any atom is -0.469 e. The van der Waals surface area contributed by atoms with E-state index in [9.17, 15) is 0 Å². The SMILES string of the molecule is CCNc1nccc(NC(C)CCc2ccco2)n1. The lowest BCUT2D eigenvalue weighted by Crippen LogP contribution is -2.17. The third-order valence-corrected chi connectivity index (χ3v) is 2.79. The number of nitrogens with one attached hydrogen (secondary N) is 2. The lowest BCUT2D eigenvalue weighted by atomic mass is 10.1. The molecule has 0 aliphatic heterocycles. The van der Waals surface area contributed by atoms with Gasteiger partial charge in [0, 0.05) is 25.2 Å². The third kappa shape index (κ3) is 4.28. The first-order valence-corrected chi connectivity index (χ1v) is 6.63. The highest BCUT2D eigenvalue weighted by Crippen LogP contribution is 2.11. The van der Waals surface area contributed by atoms with Gasteiger partial charge in [-0.3, -0.25) is 0 Å². The Bertz CT molecular complexity index is 484. The molecule has 19 heavy (non-hydrogen) atoms. The van der Waals surface area contributed by atoms with Gasteiger partial charge in [0.1, 0.15) is 11.6 Å². The number of rotatable bonds is 7. The maximum Gasteiger partial charge on any atom is 0.224 e. The second-order valence-corrected chi connectivity index (χ2v) is 4.46. The average molecular weight is 260 g/mol. The molecular formula is C14H20N4O. The Kier molecular flexibility index (Phi) is 4.78. The van der Waals surface area contributed by atoms with E-state index in [1.165, 1.54) is 0 Å². The lowest BCUT2D eigenvalue weighted by Gasteiger charge is -2.14. The first kappa shape index (κ1) is 13.4. The summed E-state index contributed by atoms with van der Waals surface area (Å²) in [7, 11) is 0. The number of furan rings is 1. The van der Waals surface area contributed by atoms with Gasteiger partial charge in [0.15, 0.2) is 0 Å². The fraction of sp³-hybridized carbons (Fsp3) is 0.429. The summed E-state index contributed by atoms with van der Waals surface area (Å²) < 4.78 is 5.32. The molecule has 2 heterocycles. The predicted molar refractivity (Wildman–Crippen MR) is 76.3 cm³/mol. The molecule has 5 heteroatoms. The summed E-state index contributed by atoms with van der Waals surface area (Å²) in [5.41, 5.74) is 0. The van der Waals surface area contributed by atoms with E-state index in [0.29, 0.717) is 12.0 Å². The van der Waals surface area contributed by atoms with Gasteiger partial charge in [-0.05, 0) is 38.5 Å². The molecule has 1 unspecified atom stereocenters. The smallest absolute Gasteiger partial charge is 0.224 e. The summed E-state index contributed by atoms with van der Waals surface area (Å²) in [5.74, 6) is 2.52. The summed E-state index contributed by atoms with van der Waals surface area (Å²) in [6, 6.07) is 6.13. The third-order valence-electron chi connectivity index (χ3n) is 2.79. The van der Waals surface area contributed by atoms with Crippen LogP contribution in [-0.4, -0.2) is 22.6 Å². The summed E-state index contributed by atoms with van der Waals surface area (Å²) in [5, 5.41) is 6.47. The number of anilines is 2. The quantitative estimate of drug-likeness (QED) is 0.801. The Morgan fingerprint density at radius 3 is 3.00 bits per heavy atom. The van der Waals surface area contributed by atoms with Crippen LogP contribution in [0.5, 0.6) is 0 Å². The molecule has 0 saturated carbocycles. The number of aromatic nitrogens is 2. The second-order valence-electron chi connectivity index (χ2n) is 4.46. The van der Waals surface area contributed by atoms with Crippen LogP contribution in [-0.2, 0) is 6.42 Å². The molecule has 0 radical (unpaired) electrons. The van der Waals surface area contributed by atoms with Crippen molar-refractivity contribution < 1.29 is 4.42 Å². The van der Waals surface area contributed by atoms with Crippen LogP contribution in [0.2, 0.25) is 0 Å². The molecular weight excluding hydrogens is 240 g/mol. The van der Waals surface area contributed by atoms with Gasteiger partial charge < -0.3 is 15.1 Å². The Labute approximate surface area is 113 Å². The van der Waals surface area contributed by atoms with E-state index in [2.05, 4.69) is 27.5 Å². The minimum atomic E-state index is 0.328. The van der Waals surface area contributed by atoms with Gasteiger partial charge in [-0.1, -0.05) is 0 Å². The topological polar surface area (TPSA) is 63.0 Å². The second kappa shape index (κ2) is 6.78. The van der Waals surface area contributed by atoms with E-state index < -0.39 is 0 Å². The van der Waals surface area contributed by atoms with Crippen molar-refractivity contribution in [1.29, 1.82) is 0 Å². The minimum absolute atomic E-state index is 0.328. The molecule has 0 aliphatic rings. The van der Waals surface area contributed by atoms with E-state index in [1.54, 1.807) is 12.5 Å². The zero-order valence-electron chi connectivity index (χ0n) is 11.4. The van der Waals surface area contributed by atoms with Crippen LogP contribution in [0.4, 0.5) is 11.8 Å². The van der Waals surface area contributed by atoms with Crippen molar-refractivity contribution >= 4 is 11.8 Å². The van der Waals surface area contributed by atoms with Crippen molar-refractivity contribution in [3.63, 3.8) is 0 Å². The first-order chi connectivity index (χ1) is 9.28. The number of hydrogen-bond acceptors (Lipinski definition) is 5. The molecule has 0 saturated heterocycles. The van der Waals surface area contributed by atoms with E-state index >= 15 is 0 Å². The molecule has 5 nitrogen and oxygen atoms in total. The maximum atomic E-state index is 5.32. The fourth-order valence-electron chi connectivity index (χ4n) is 1.82. The van der Waals surface area contributed by atoms with Crippen LogP contribution in [0.3, 0.4) is 0 Å². The summed E-state index contributed by atoms with van der Waals surface area (Å²) in [6.07, 6.45) is 5.38. The van der Waals surface area contributed by atoms with Crippen molar-refractivity contribution in [3.8, 4) is 0 Å². The highest BCUT2D eigenvalue weighted by Gasteiger charge is 2.05. The van der Waals surface area contributed by atoms with E-state index in [0.717, 1.165) is 31.0 Å². The van der Waals surface area contributed by atoms with Crippen molar-refractivity contribution in [2.45, 2.75) is 32.7 Å². The molecule has 0 aromatic carbocycles. The molecule has 2 rings (SSSR count). The van der Waals surface area contributed by atoms with Crippen molar-refractivity contribution in [1.82, 2.24) is 9.97 Å². The van der Waals surface area contributed by atoms with Gasteiger partial charge in [0.05, 0.1) is 6.26 Å². The van der Waals surface area contributed by atoms with Gasteiger partial charge in [0.2, 0.25) is 5.95 Å². The normalized spacial score (nSPS) is 12.1. The number of hydrogen-bond donors (Lipinski definition) is 2. The first-order valence-electron chi connectivity index (χ1n) is 6.63. The van der Waals surface area contributed by atoms with Gasteiger partial charge in [-0.2, -0.15) is 4.98 Å². The van der Waals surface area contributed by atoms with Crippen molar-refractivity contribution in [2.75, 3.05) is 17.2 Å². The van der Waals surface area contributed by atoms with Crippen LogP contribution in [0, 0.1) is 0 Å². The molecule has 1 atom stereocenters. The molecule has 0 aliphatic carbocycles. The summed E-state index contributed by atoms with van der Waals surface area (Å²) in [4.78, 5) is 8.54. The molecule has 102 valence electrons. The maximum absolute atomic E-state index is 5.32. The monoisotopic (exact) mass is 260 g/mol. The van der Waals surface area contributed by atoms with Crippen LogP contribution in [0.1, 0.15) is 26.0 Å². The van der Waals surface area contributed by atoms with Crippen LogP contribution in [0.15, 0.2) is 35.1 Å². The van der Waals surface area contributed by atoms with Crippen molar-refractivity contribution in [3.05, 3.63) is 36.4 Å². The van der Waals surface area contributed by atoms with Crippen LogP contribution < -0.4 is 10.6 Å². The predicted octanol–water partition coefficient (Wildman–Crippen LogP) is 2.93. The van der Waals surface area contributed by atoms with E-state index in [1.807, 2.05) is 25.1 Å². The Morgan fingerprint density at radius 2 is 2.26 bits per heavy atom.